The van der Waals surface area contributed by atoms with Crippen molar-refractivity contribution in [3.8, 4) is 0 Å². The highest BCUT2D eigenvalue weighted by atomic mass is 16.5. The molecule has 2 aromatic carbocycles. The van der Waals surface area contributed by atoms with Crippen LogP contribution in [0.15, 0.2) is 36.4 Å². The first-order chi connectivity index (χ1) is 13.8. The lowest BCUT2D eigenvalue weighted by Gasteiger charge is -2.27. The molecule has 29 heavy (non-hydrogen) atoms. The first kappa shape index (κ1) is 20.5. The monoisotopic (exact) mass is 398 g/mol. The lowest BCUT2D eigenvalue weighted by molar-refractivity contribution is -0.148. The van der Waals surface area contributed by atoms with Gasteiger partial charge in [-0.2, -0.15) is 0 Å². The Hall–Kier alpha value is -3.26. The molecule has 3 rings (SSSR count). The van der Waals surface area contributed by atoms with Gasteiger partial charge in [0.25, 0.3) is 11.8 Å². The van der Waals surface area contributed by atoms with Gasteiger partial charge in [-0.25, -0.2) is 4.79 Å². The van der Waals surface area contributed by atoms with Crippen molar-refractivity contribution >= 4 is 34.5 Å². The molecule has 0 radical (unpaired) electrons. The summed E-state index contributed by atoms with van der Waals surface area (Å²) in [5.74, 6) is -2.02. The Morgan fingerprint density at radius 2 is 1.69 bits per heavy atom. The highest BCUT2D eigenvalue weighted by Crippen LogP contribution is 2.30. The number of amides is 3. The van der Waals surface area contributed by atoms with Crippen LogP contribution in [0.5, 0.6) is 0 Å². The van der Waals surface area contributed by atoms with Crippen LogP contribution in [0, 0.1) is 0 Å². The molecule has 0 saturated heterocycles. The summed E-state index contributed by atoms with van der Waals surface area (Å²) in [6.07, 6.45) is -0.924. The topological polar surface area (TPSA) is 113 Å². The van der Waals surface area contributed by atoms with E-state index in [0.717, 1.165) is 17.4 Å². The van der Waals surface area contributed by atoms with E-state index < -0.39 is 35.8 Å². The number of hydrogen-bond acceptors (Lipinski definition) is 6. The van der Waals surface area contributed by atoms with Gasteiger partial charge in [0.05, 0.1) is 13.2 Å². The Kier molecular flexibility index (Phi) is 5.93. The molecule has 152 valence electrons. The molecular formula is C21H22N2O6. The van der Waals surface area contributed by atoms with E-state index in [2.05, 4.69) is 10.1 Å². The minimum absolute atomic E-state index is 0.0247. The van der Waals surface area contributed by atoms with Gasteiger partial charge in [-0.1, -0.05) is 24.3 Å². The summed E-state index contributed by atoms with van der Waals surface area (Å²) in [7, 11) is 1.16. The number of nitrogens with zero attached hydrogens (tertiary/aromatic N) is 1. The summed E-state index contributed by atoms with van der Waals surface area (Å²) in [6.45, 7) is 1.43. The van der Waals surface area contributed by atoms with Gasteiger partial charge >= 0.3 is 5.97 Å². The third-order valence-corrected chi connectivity index (χ3v) is 4.90. The van der Waals surface area contributed by atoms with Crippen LogP contribution in [-0.4, -0.2) is 59.5 Å². The lowest BCUT2D eigenvalue weighted by atomic mass is 9.94. The van der Waals surface area contributed by atoms with E-state index in [9.17, 15) is 24.3 Å². The summed E-state index contributed by atoms with van der Waals surface area (Å²) < 4.78 is 4.55. The van der Waals surface area contributed by atoms with Crippen LogP contribution in [-0.2, 0) is 14.3 Å². The van der Waals surface area contributed by atoms with Gasteiger partial charge in [-0.15, -0.1) is 0 Å². The van der Waals surface area contributed by atoms with Gasteiger partial charge in [0.2, 0.25) is 5.91 Å². The average molecular weight is 398 g/mol. The van der Waals surface area contributed by atoms with Gasteiger partial charge in [0.1, 0.15) is 0 Å². The zero-order chi connectivity index (χ0) is 21.1. The maximum absolute atomic E-state index is 12.8. The number of hydrogen-bond donors (Lipinski definition) is 2. The van der Waals surface area contributed by atoms with E-state index in [0.29, 0.717) is 16.5 Å². The van der Waals surface area contributed by atoms with Crippen molar-refractivity contribution in [3.05, 3.63) is 47.5 Å². The second kappa shape index (κ2) is 8.40. The zero-order valence-corrected chi connectivity index (χ0v) is 16.2. The molecule has 0 bridgehead atoms. The number of ether oxygens (including phenoxy) is 1. The summed E-state index contributed by atoms with van der Waals surface area (Å²) in [5.41, 5.74) is 0.920. The number of nitrogens with one attached hydrogen (secondary N) is 1. The number of aliphatic hydroxyl groups excluding tert-OH is 1. The highest BCUT2D eigenvalue weighted by Gasteiger charge is 2.32. The lowest BCUT2D eigenvalue weighted by Crippen LogP contribution is -2.48. The van der Waals surface area contributed by atoms with Crippen molar-refractivity contribution in [2.24, 2.45) is 0 Å². The molecule has 1 aliphatic rings. The minimum Gasteiger partial charge on any atom is -0.467 e. The summed E-state index contributed by atoms with van der Waals surface area (Å²) in [5, 5.41) is 13.5. The molecule has 0 aliphatic carbocycles. The molecule has 8 heteroatoms. The summed E-state index contributed by atoms with van der Waals surface area (Å²) >= 11 is 0. The largest absolute Gasteiger partial charge is 0.467 e. The predicted molar refractivity (Wildman–Crippen MR) is 104 cm³/mol. The van der Waals surface area contributed by atoms with E-state index in [1.165, 1.54) is 6.92 Å². The van der Waals surface area contributed by atoms with Gasteiger partial charge in [-0.3, -0.25) is 19.3 Å². The van der Waals surface area contributed by atoms with E-state index in [4.69, 9.17) is 0 Å². The van der Waals surface area contributed by atoms with Crippen LogP contribution in [0.3, 0.4) is 0 Å². The quantitative estimate of drug-likeness (QED) is 0.536. The van der Waals surface area contributed by atoms with Crippen LogP contribution >= 0.6 is 0 Å². The Morgan fingerprint density at radius 3 is 2.21 bits per heavy atom. The highest BCUT2D eigenvalue weighted by molar-refractivity contribution is 6.25. The normalized spacial score (nSPS) is 15.2. The van der Waals surface area contributed by atoms with Crippen molar-refractivity contribution in [2.75, 3.05) is 13.7 Å². The average Bonchev–Trinajstić information content (AvgIpc) is 2.71. The van der Waals surface area contributed by atoms with E-state index in [1.54, 1.807) is 24.3 Å². The third-order valence-electron chi connectivity index (χ3n) is 4.90. The number of rotatable bonds is 7. The predicted octanol–water partition coefficient (Wildman–Crippen LogP) is 1.25. The Labute approximate surface area is 167 Å². The fraction of sp³-hybridized carbons (Fsp3) is 0.333. The number of esters is 1. The second-order valence-corrected chi connectivity index (χ2v) is 6.88. The molecule has 0 fully saturated rings. The van der Waals surface area contributed by atoms with Gasteiger partial charge in [0, 0.05) is 29.5 Å². The fourth-order valence-electron chi connectivity index (χ4n) is 3.43. The minimum atomic E-state index is -1.17. The molecule has 3 amide bonds. The van der Waals surface area contributed by atoms with Crippen LogP contribution in [0.1, 0.15) is 40.5 Å². The molecule has 0 spiro atoms. The molecule has 8 nitrogen and oxygen atoms in total. The van der Waals surface area contributed by atoms with E-state index >= 15 is 0 Å². The SMILES string of the molecule is COC(=O)[C@H](NC(=O)CCCN1C(=O)c2cccc3cccc(c23)C1=O)[C@H](C)O. The Balaban J connectivity index is 1.66. The van der Waals surface area contributed by atoms with Crippen LogP contribution < -0.4 is 5.32 Å². The standard InChI is InChI=1S/C21H22N2O6/c1-12(24)18(21(28)29-2)22-16(25)10-5-11-23-19(26)14-8-3-6-13-7-4-9-15(17(13)14)20(23)27/h3-4,6-9,12,18,24H,5,10-11H2,1-2H3,(H,22,25)/t12-,18+/m0/s1. The van der Waals surface area contributed by atoms with Crippen molar-refractivity contribution in [1.29, 1.82) is 0 Å². The molecule has 0 saturated carbocycles. The number of carbonyl (C=O) groups excluding carboxylic acids is 4. The maximum Gasteiger partial charge on any atom is 0.331 e. The smallest absolute Gasteiger partial charge is 0.331 e. The summed E-state index contributed by atoms with van der Waals surface area (Å²) in [4.78, 5) is 50.5. The Morgan fingerprint density at radius 1 is 1.10 bits per heavy atom. The van der Waals surface area contributed by atoms with Crippen molar-refractivity contribution in [3.63, 3.8) is 0 Å². The van der Waals surface area contributed by atoms with E-state index in [-0.39, 0.29) is 19.4 Å². The van der Waals surface area contributed by atoms with E-state index in [1.807, 2.05) is 12.1 Å². The number of aliphatic hydroxyl groups is 1. The van der Waals surface area contributed by atoms with Crippen molar-refractivity contribution in [2.45, 2.75) is 31.9 Å². The van der Waals surface area contributed by atoms with Gasteiger partial charge in [-0.05, 0) is 30.9 Å². The number of carbonyl (C=O) groups is 4. The molecule has 2 aromatic rings. The molecule has 1 heterocycles. The number of imide groups is 1. The molecule has 0 unspecified atom stereocenters. The van der Waals surface area contributed by atoms with Gasteiger partial charge in [0.15, 0.2) is 6.04 Å². The fourth-order valence-corrected chi connectivity index (χ4v) is 3.43. The zero-order valence-electron chi connectivity index (χ0n) is 16.2. The van der Waals surface area contributed by atoms with Crippen molar-refractivity contribution < 1.29 is 29.0 Å². The van der Waals surface area contributed by atoms with Crippen LogP contribution in [0.25, 0.3) is 10.8 Å². The molecule has 0 aromatic heterocycles. The Bertz CT molecular complexity index is 934. The first-order valence-corrected chi connectivity index (χ1v) is 9.28. The van der Waals surface area contributed by atoms with Crippen molar-refractivity contribution in [1.82, 2.24) is 10.2 Å². The maximum atomic E-state index is 12.8. The second-order valence-electron chi connectivity index (χ2n) is 6.88. The first-order valence-electron chi connectivity index (χ1n) is 9.28. The van der Waals surface area contributed by atoms with Gasteiger partial charge < -0.3 is 15.2 Å². The molecule has 1 aliphatic heterocycles. The molecular weight excluding hydrogens is 376 g/mol. The number of methoxy groups -OCH3 is 1. The number of benzene rings is 2. The molecule has 2 atom stereocenters. The molecule has 2 N–H and O–H groups in total. The summed E-state index contributed by atoms with van der Waals surface area (Å²) in [6, 6.07) is 9.43. The van der Waals surface area contributed by atoms with Crippen LogP contribution in [0.2, 0.25) is 0 Å². The van der Waals surface area contributed by atoms with Crippen LogP contribution in [0.4, 0.5) is 0 Å². The third kappa shape index (κ3) is 3.97.